The van der Waals surface area contributed by atoms with Crippen LogP contribution in [0, 0.1) is 23.7 Å². The van der Waals surface area contributed by atoms with Crippen molar-refractivity contribution in [2.75, 3.05) is 30.0 Å². The van der Waals surface area contributed by atoms with Crippen LogP contribution in [0.3, 0.4) is 0 Å². The van der Waals surface area contributed by atoms with E-state index in [0.717, 1.165) is 36.1 Å². The molecule has 2 rings (SSSR count). The first-order valence-corrected chi connectivity index (χ1v) is 9.66. The summed E-state index contributed by atoms with van der Waals surface area (Å²) in [6.07, 6.45) is 7.12. The highest BCUT2D eigenvalue weighted by atomic mass is 15.1. The first-order valence-electron chi connectivity index (χ1n) is 9.66. The van der Waals surface area contributed by atoms with Crippen LogP contribution in [0.15, 0.2) is 0 Å². The van der Waals surface area contributed by atoms with Gasteiger partial charge in [0.2, 0.25) is 5.82 Å². The summed E-state index contributed by atoms with van der Waals surface area (Å²) in [6, 6.07) is 0.395. The van der Waals surface area contributed by atoms with Gasteiger partial charge in [-0.3, -0.25) is 0 Å². The zero-order valence-electron chi connectivity index (χ0n) is 16.4. The molecule has 1 aromatic rings. The van der Waals surface area contributed by atoms with Gasteiger partial charge in [-0.05, 0) is 37.5 Å². The highest BCUT2D eigenvalue weighted by Gasteiger charge is 2.17. The lowest BCUT2D eigenvalue weighted by Crippen LogP contribution is -2.20. The van der Waals surface area contributed by atoms with E-state index in [0.29, 0.717) is 17.8 Å². The van der Waals surface area contributed by atoms with Crippen LogP contribution in [0.4, 0.5) is 17.3 Å². The van der Waals surface area contributed by atoms with Crippen molar-refractivity contribution in [3.63, 3.8) is 0 Å². The van der Waals surface area contributed by atoms with E-state index in [4.69, 9.17) is 4.98 Å². The Morgan fingerprint density at radius 1 is 1.08 bits per heavy atom. The summed E-state index contributed by atoms with van der Waals surface area (Å²) in [5, 5.41) is 9.91. The Balaban J connectivity index is 2.29. The van der Waals surface area contributed by atoms with E-state index in [1.165, 1.54) is 25.7 Å². The van der Waals surface area contributed by atoms with Gasteiger partial charge in [0.25, 0.3) is 0 Å². The molecule has 0 bridgehead atoms. The zero-order chi connectivity index (χ0) is 18.2. The molecule has 1 aliphatic rings. The van der Waals surface area contributed by atoms with Crippen LogP contribution < -0.4 is 16.0 Å². The third-order valence-electron chi connectivity index (χ3n) is 5.05. The number of nitrogens with zero attached hydrogens (tertiary/aromatic N) is 2. The molecular weight excluding hydrogens is 310 g/mol. The fourth-order valence-corrected chi connectivity index (χ4v) is 3.46. The monoisotopic (exact) mass is 343 g/mol. The van der Waals surface area contributed by atoms with Gasteiger partial charge in [0.1, 0.15) is 5.69 Å². The van der Waals surface area contributed by atoms with E-state index >= 15 is 0 Å². The molecule has 5 nitrogen and oxygen atoms in total. The molecule has 25 heavy (non-hydrogen) atoms. The van der Waals surface area contributed by atoms with Gasteiger partial charge in [0.05, 0.1) is 0 Å². The van der Waals surface area contributed by atoms with E-state index < -0.39 is 0 Å². The minimum atomic E-state index is 0.395. The van der Waals surface area contributed by atoms with Gasteiger partial charge in [-0.1, -0.05) is 39.5 Å². The number of nitrogens with one attached hydrogen (secondary N) is 3. The van der Waals surface area contributed by atoms with Gasteiger partial charge in [0, 0.05) is 26.1 Å². The fraction of sp³-hybridized carbons (Fsp3) is 0.700. The van der Waals surface area contributed by atoms with Gasteiger partial charge >= 0.3 is 0 Å². The molecule has 1 heterocycles. The maximum absolute atomic E-state index is 4.69. The average Bonchev–Trinajstić information content (AvgIpc) is 2.63. The highest BCUT2D eigenvalue weighted by molar-refractivity contribution is 5.77. The van der Waals surface area contributed by atoms with Crippen molar-refractivity contribution in [2.45, 2.75) is 65.3 Å². The molecule has 0 aliphatic heterocycles. The van der Waals surface area contributed by atoms with Crippen LogP contribution in [-0.4, -0.2) is 30.1 Å². The lowest BCUT2D eigenvalue weighted by Gasteiger charge is -2.22. The third kappa shape index (κ3) is 5.26. The smallest absolute Gasteiger partial charge is 0.208 e. The van der Waals surface area contributed by atoms with Crippen LogP contribution in [0.2, 0.25) is 0 Å². The first kappa shape index (κ1) is 19.4. The van der Waals surface area contributed by atoms with E-state index in [1.807, 2.05) is 14.1 Å². The molecule has 3 N–H and O–H groups in total. The maximum Gasteiger partial charge on any atom is 0.208 e. The molecule has 0 radical (unpaired) electrons. The second-order valence-electron chi connectivity index (χ2n) is 7.02. The van der Waals surface area contributed by atoms with Crippen LogP contribution in [0.5, 0.6) is 0 Å². The molecule has 1 aromatic heterocycles. The second kappa shape index (κ2) is 9.50. The third-order valence-corrected chi connectivity index (χ3v) is 5.05. The molecule has 0 spiro atoms. The number of hydrogen-bond acceptors (Lipinski definition) is 5. The summed E-state index contributed by atoms with van der Waals surface area (Å²) in [5.41, 5.74) is 0.895. The lowest BCUT2D eigenvalue weighted by molar-refractivity contribution is 0.333. The Morgan fingerprint density at radius 3 is 2.40 bits per heavy atom. The normalized spacial score (nSPS) is 19.9. The summed E-state index contributed by atoms with van der Waals surface area (Å²) in [7, 11) is 3.77. The maximum atomic E-state index is 4.69. The summed E-state index contributed by atoms with van der Waals surface area (Å²) < 4.78 is 0. The summed E-state index contributed by atoms with van der Waals surface area (Å²) in [6.45, 7) is 6.69. The summed E-state index contributed by atoms with van der Waals surface area (Å²) >= 11 is 0. The van der Waals surface area contributed by atoms with Gasteiger partial charge in [0.15, 0.2) is 11.6 Å². The molecule has 138 valence electrons. The minimum Gasteiger partial charge on any atom is -0.382 e. The Morgan fingerprint density at radius 2 is 1.80 bits per heavy atom. The Bertz CT molecular complexity index is 612. The van der Waals surface area contributed by atoms with Gasteiger partial charge < -0.3 is 16.0 Å². The molecule has 5 heteroatoms. The van der Waals surface area contributed by atoms with Crippen molar-refractivity contribution in [2.24, 2.45) is 11.8 Å². The molecule has 1 aliphatic carbocycles. The van der Waals surface area contributed by atoms with Crippen LogP contribution >= 0.6 is 0 Å². The summed E-state index contributed by atoms with van der Waals surface area (Å²) in [4.78, 5) is 9.28. The lowest BCUT2D eigenvalue weighted by atomic mass is 9.83. The Kier molecular flexibility index (Phi) is 7.36. The molecule has 1 unspecified atom stereocenters. The van der Waals surface area contributed by atoms with E-state index in [-0.39, 0.29) is 0 Å². The number of rotatable bonds is 6. The van der Waals surface area contributed by atoms with Crippen LogP contribution in [0.1, 0.15) is 65.1 Å². The number of aromatic nitrogens is 2. The predicted octanol–water partition coefficient (Wildman–Crippen LogP) is 4.34. The molecule has 0 aromatic carbocycles. The predicted molar refractivity (Wildman–Crippen MR) is 107 cm³/mol. The Hall–Kier alpha value is -1.96. The van der Waals surface area contributed by atoms with Gasteiger partial charge in [-0.15, -0.1) is 0 Å². The molecule has 0 amide bonds. The SMILES string of the molecule is CCC(CC)Nc1nc(C#CC2CCC[C@@H](C)C2)nc(NC)c1NC. The quantitative estimate of drug-likeness (QED) is 0.671. The van der Waals surface area contributed by atoms with Crippen molar-refractivity contribution < 1.29 is 0 Å². The molecule has 1 fully saturated rings. The van der Waals surface area contributed by atoms with Crippen molar-refractivity contribution in [3.8, 4) is 11.8 Å². The van der Waals surface area contributed by atoms with Crippen LogP contribution in [0.25, 0.3) is 0 Å². The van der Waals surface area contributed by atoms with E-state index in [9.17, 15) is 0 Å². The van der Waals surface area contributed by atoms with Crippen molar-refractivity contribution in [3.05, 3.63) is 5.82 Å². The first-order chi connectivity index (χ1) is 12.1. The standard InChI is InChI=1S/C20H33N5/c1-6-16(7-2)23-20-18(21-4)19(22-5)24-17(25-20)12-11-15-10-8-9-14(3)13-15/h14-16,21H,6-10,13H2,1-5H3,(H2,22,23,24,25)/t14-,15?/m1/s1. The summed E-state index contributed by atoms with van der Waals surface area (Å²) in [5.74, 6) is 10.1. The molecule has 1 saturated carbocycles. The Labute approximate surface area is 152 Å². The zero-order valence-corrected chi connectivity index (χ0v) is 16.4. The van der Waals surface area contributed by atoms with Gasteiger partial charge in [-0.25, -0.2) is 9.97 Å². The second-order valence-corrected chi connectivity index (χ2v) is 7.02. The minimum absolute atomic E-state index is 0.395. The topological polar surface area (TPSA) is 61.9 Å². The molecular formula is C20H33N5. The van der Waals surface area contributed by atoms with Crippen molar-refractivity contribution in [1.82, 2.24) is 9.97 Å². The number of hydrogen-bond donors (Lipinski definition) is 3. The van der Waals surface area contributed by atoms with E-state index in [2.05, 4.69) is 53.5 Å². The number of anilines is 3. The van der Waals surface area contributed by atoms with Crippen molar-refractivity contribution in [1.29, 1.82) is 0 Å². The van der Waals surface area contributed by atoms with E-state index in [1.54, 1.807) is 0 Å². The average molecular weight is 344 g/mol. The molecule has 0 saturated heterocycles. The highest BCUT2D eigenvalue weighted by Crippen LogP contribution is 2.29. The van der Waals surface area contributed by atoms with Crippen molar-refractivity contribution >= 4 is 17.3 Å². The molecule has 2 atom stereocenters. The van der Waals surface area contributed by atoms with Crippen LogP contribution in [-0.2, 0) is 0 Å². The fourth-order valence-electron chi connectivity index (χ4n) is 3.46. The largest absolute Gasteiger partial charge is 0.382 e. The van der Waals surface area contributed by atoms with Gasteiger partial charge in [-0.2, -0.15) is 0 Å².